The fraction of sp³-hybridized carbons (Fsp3) is 0.200. The van der Waals surface area contributed by atoms with Gasteiger partial charge in [-0.25, -0.2) is 0 Å². The molecule has 0 spiro atoms. The van der Waals surface area contributed by atoms with Crippen LogP contribution in [0.5, 0.6) is 5.75 Å². The molecule has 0 aliphatic rings. The molecule has 2 N–H and O–H groups in total. The Labute approximate surface area is 135 Å². The highest BCUT2D eigenvalue weighted by molar-refractivity contribution is 7.90. The van der Waals surface area contributed by atoms with Gasteiger partial charge in [-0.1, -0.05) is 30.7 Å². The van der Waals surface area contributed by atoms with Crippen molar-refractivity contribution in [1.82, 2.24) is 4.72 Å². The third-order valence-electron chi connectivity index (χ3n) is 2.76. The maximum atomic E-state index is 11.6. The van der Waals surface area contributed by atoms with Gasteiger partial charge in [-0.3, -0.25) is 4.72 Å². The summed E-state index contributed by atoms with van der Waals surface area (Å²) in [6.45, 7) is 2.46. The maximum absolute atomic E-state index is 11.6. The summed E-state index contributed by atoms with van der Waals surface area (Å²) in [5.41, 5.74) is 1.47. The lowest BCUT2D eigenvalue weighted by Gasteiger charge is -2.10. The Hall–Kier alpha value is -1.76. The smallest absolute Gasteiger partial charge is 0.299 e. The van der Waals surface area contributed by atoms with Gasteiger partial charge in [0.2, 0.25) is 0 Å². The Morgan fingerprint density at radius 3 is 2.27 bits per heavy atom. The molecule has 0 aliphatic heterocycles. The molecule has 5 nitrogen and oxygen atoms in total. The second-order valence-electron chi connectivity index (χ2n) is 4.54. The number of hydrogen-bond acceptors (Lipinski definition) is 3. The second-order valence-corrected chi connectivity index (χ2v) is 6.48. The van der Waals surface area contributed by atoms with Crippen LogP contribution in [0.1, 0.15) is 12.5 Å². The van der Waals surface area contributed by atoms with Gasteiger partial charge in [0.1, 0.15) is 12.4 Å². The monoisotopic (exact) mass is 340 g/mol. The van der Waals surface area contributed by atoms with Crippen LogP contribution in [0.4, 0.5) is 5.69 Å². The molecule has 0 radical (unpaired) electrons. The van der Waals surface area contributed by atoms with Crippen molar-refractivity contribution >= 4 is 27.5 Å². The van der Waals surface area contributed by atoms with Gasteiger partial charge in [-0.05, 0) is 42.0 Å². The van der Waals surface area contributed by atoms with Crippen LogP contribution in [0.2, 0.25) is 5.02 Å². The molecule has 0 heterocycles. The molecule has 0 atom stereocenters. The molecule has 0 saturated carbocycles. The first-order chi connectivity index (χ1) is 10.5. The van der Waals surface area contributed by atoms with Crippen LogP contribution in [-0.2, 0) is 16.8 Å². The van der Waals surface area contributed by atoms with E-state index >= 15 is 0 Å². The zero-order valence-electron chi connectivity index (χ0n) is 12.0. The molecular formula is C15H17ClN2O3S. The van der Waals surface area contributed by atoms with E-state index in [9.17, 15) is 8.42 Å². The molecule has 0 fully saturated rings. The van der Waals surface area contributed by atoms with E-state index in [4.69, 9.17) is 16.3 Å². The lowest BCUT2D eigenvalue weighted by molar-refractivity contribution is 0.306. The molecule has 2 aromatic carbocycles. The zero-order chi connectivity index (χ0) is 16.0. The molecule has 2 rings (SSSR count). The number of halogens is 1. The summed E-state index contributed by atoms with van der Waals surface area (Å²) in [5.74, 6) is 0.654. The summed E-state index contributed by atoms with van der Waals surface area (Å²) in [7, 11) is -3.51. The SMILES string of the molecule is CCNS(=O)(=O)Nc1ccc(OCc2ccc(Cl)cc2)cc1. The third kappa shape index (κ3) is 5.22. The molecule has 0 bridgehead atoms. The lowest BCUT2D eigenvalue weighted by atomic mass is 10.2. The second kappa shape index (κ2) is 7.49. The minimum Gasteiger partial charge on any atom is -0.489 e. The third-order valence-corrected chi connectivity index (χ3v) is 4.18. The number of benzene rings is 2. The van der Waals surface area contributed by atoms with E-state index in [2.05, 4.69) is 9.44 Å². The van der Waals surface area contributed by atoms with Crippen molar-refractivity contribution in [3.63, 3.8) is 0 Å². The summed E-state index contributed by atoms with van der Waals surface area (Å²) >= 11 is 5.82. The summed E-state index contributed by atoms with van der Waals surface area (Å²) < 4.78 is 33.5. The molecule has 0 aliphatic carbocycles. The number of nitrogens with one attached hydrogen (secondary N) is 2. The minimum absolute atomic E-state index is 0.331. The van der Waals surface area contributed by atoms with Gasteiger partial charge < -0.3 is 4.74 Å². The Kier molecular flexibility index (Phi) is 5.65. The first-order valence-corrected chi connectivity index (χ1v) is 8.59. The quantitative estimate of drug-likeness (QED) is 0.813. The van der Waals surface area contributed by atoms with Crippen LogP contribution in [0.25, 0.3) is 0 Å². The van der Waals surface area contributed by atoms with Crippen molar-refractivity contribution in [2.24, 2.45) is 0 Å². The van der Waals surface area contributed by atoms with Crippen molar-refractivity contribution in [3.05, 3.63) is 59.1 Å². The number of ether oxygens (including phenoxy) is 1. The highest BCUT2D eigenvalue weighted by Crippen LogP contribution is 2.18. The van der Waals surface area contributed by atoms with Gasteiger partial charge in [0.25, 0.3) is 10.2 Å². The molecule has 2 aromatic rings. The molecule has 7 heteroatoms. The number of rotatable bonds is 7. The predicted molar refractivity (Wildman–Crippen MR) is 88.4 cm³/mol. The Balaban J connectivity index is 1.93. The summed E-state index contributed by atoms with van der Waals surface area (Å²) in [6, 6.07) is 14.1. The van der Waals surface area contributed by atoms with E-state index in [0.29, 0.717) is 29.6 Å². The molecule has 0 aromatic heterocycles. The minimum atomic E-state index is -3.51. The summed E-state index contributed by atoms with van der Waals surface area (Å²) in [6.07, 6.45) is 0. The summed E-state index contributed by atoms with van der Waals surface area (Å²) in [5, 5.41) is 0.682. The van der Waals surface area contributed by atoms with Crippen LogP contribution in [-0.4, -0.2) is 15.0 Å². The lowest BCUT2D eigenvalue weighted by Crippen LogP contribution is -2.29. The molecule has 0 amide bonds. The van der Waals surface area contributed by atoms with Crippen LogP contribution in [0, 0.1) is 0 Å². The van der Waals surface area contributed by atoms with Crippen LogP contribution >= 0.6 is 11.6 Å². The van der Waals surface area contributed by atoms with Crippen molar-refractivity contribution in [2.75, 3.05) is 11.3 Å². The van der Waals surface area contributed by atoms with Gasteiger partial charge in [0, 0.05) is 17.3 Å². The molecule has 118 valence electrons. The normalized spacial score (nSPS) is 11.2. The maximum Gasteiger partial charge on any atom is 0.299 e. The van der Waals surface area contributed by atoms with E-state index < -0.39 is 10.2 Å². The van der Waals surface area contributed by atoms with Crippen molar-refractivity contribution in [1.29, 1.82) is 0 Å². The van der Waals surface area contributed by atoms with Gasteiger partial charge in [-0.15, -0.1) is 0 Å². The highest BCUT2D eigenvalue weighted by atomic mass is 35.5. The van der Waals surface area contributed by atoms with E-state index in [0.717, 1.165) is 5.56 Å². The predicted octanol–water partition coefficient (Wildman–Crippen LogP) is 3.19. The van der Waals surface area contributed by atoms with Crippen molar-refractivity contribution < 1.29 is 13.2 Å². The summed E-state index contributed by atoms with van der Waals surface area (Å²) in [4.78, 5) is 0. The van der Waals surface area contributed by atoms with Gasteiger partial charge >= 0.3 is 0 Å². The zero-order valence-corrected chi connectivity index (χ0v) is 13.6. The molecule has 22 heavy (non-hydrogen) atoms. The fourth-order valence-electron chi connectivity index (χ4n) is 1.75. The van der Waals surface area contributed by atoms with Crippen LogP contribution in [0.3, 0.4) is 0 Å². The standard InChI is InChI=1S/C15H17ClN2O3S/c1-2-17-22(19,20)18-14-7-9-15(10-8-14)21-11-12-3-5-13(16)6-4-12/h3-10,17-18H,2,11H2,1H3. The topological polar surface area (TPSA) is 67.4 Å². The number of hydrogen-bond donors (Lipinski definition) is 2. The Bertz CT molecular complexity index is 701. The first-order valence-electron chi connectivity index (χ1n) is 6.73. The van der Waals surface area contributed by atoms with Crippen LogP contribution in [0.15, 0.2) is 48.5 Å². The average molecular weight is 341 g/mol. The largest absolute Gasteiger partial charge is 0.489 e. The Morgan fingerprint density at radius 2 is 1.68 bits per heavy atom. The van der Waals surface area contributed by atoms with E-state index in [-0.39, 0.29) is 0 Å². The van der Waals surface area contributed by atoms with Crippen molar-refractivity contribution in [3.8, 4) is 5.75 Å². The van der Waals surface area contributed by atoms with E-state index in [1.165, 1.54) is 0 Å². The Morgan fingerprint density at radius 1 is 1.05 bits per heavy atom. The molecule has 0 unspecified atom stereocenters. The van der Waals surface area contributed by atoms with E-state index in [1.54, 1.807) is 43.3 Å². The fourth-order valence-corrected chi connectivity index (χ4v) is 2.77. The van der Waals surface area contributed by atoms with Crippen LogP contribution < -0.4 is 14.2 Å². The van der Waals surface area contributed by atoms with E-state index in [1.807, 2.05) is 12.1 Å². The average Bonchev–Trinajstić information content (AvgIpc) is 2.48. The van der Waals surface area contributed by atoms with Crippen molar-refractivity contribution in [2.45, 2.75) is 13.5 Å². The van der Waals surface area contributed by atoms with Gasteiger partial charge in [0.05, 0.1) is 0 Å². The molecular weight excluding hydrogens is 324 g/mol. The highest BCUT2D eigenvalue weighted by Gasteiger charge is 2.07. The number of anilines is 1. The molecule has 0 saturated heterocycles. The van der Waals surface area contributed by atoms with Gasteiger partial charge in [0.15, 0.2) is 0 Å². The first kappa shape index (κ1) is 16.6. The van der Waals surface area contributed by atoms with Gasteiger partial charge in [-0.2, -0.15) is 13.1 Å².